The Balaban J connectivity index is 2.33. The van der Waals surface area contributed by atoms with E-state index in [1.807, 2.05) is 0 Å². The van der Waals surface area contributed by atoms with Crippen LogP contribution in [-0.2, 0) is 4.74 Å². The van der Waals surface area contributed by atoms with Gasteiger partial charge < -0.3 is 10.5 Å². The molecule has 1 aliphatic rings. The van der Waals surface area contributed by atoms with Gasteiger partial charge >= 0.3 is 0 Å². The van der Waals surface area contributed by atoms with Crippen molar-refractivity contribution in [3.8, 4) is 0 Å². The number of hydrogen-bond donors (Lipinski definition) is 1. The molecule has 0 aromatic carbocycles. The summed E-state index contributed by atoms with van der Waals surface area (Å²) >= 11 is 0. The van der Waals surface area contributed by atoms with Gasteiger partial charge in [0.15, 0.2) is 0 Å². The lowest BCUT2D eigenvalue weighted by atomic mass is 9.99. The number of rotatable bonds is 3. The molecule has 16 heavy (non-hydrogen) atoms. The summed E-state index contributed by atoms with van der Waals surface area (Å²) in [5.41, 5.74) is 9.43. The molecule has 1 fully saturated rings. The smallest absolute Gasteiger partial charge is 0.0777 e. The van der Waals surface area contributed by atoms with Crippen molar-refractivity contribution in [3.63, 3.8) is 0 Å². The Morgan fingerprint density at radius 2 is 2.31 bits per heavy atom. The SMILES string of the molecule is Cc1nn(C2CCOC2)c(C)c1C(C)CN. The van der Waals surface area contributed by atoms with Crippen LogP contribution in [0.4, 0.5) is 0 Å². The number of ether oxygens (including phenoxy) is 1. The van der Waals surface area contributed by atoms with Crippen LogP contribution < -0.4 is 5.73 Å². The molecule has 2 N–H and O–H groups in total. The fourth-order valence-electron chi connectivity index (χ4n) is 2.58. The fourth-order valence-corrected chi connectivity index (χ4v) is 2.58. The largest absolute Gasteiger partial charge is 0.379 e. The van der Waals surface area contributed by atoms with Gasteiger partial charge in [-0.3, -0.25) is 4.68 Å². The summed E-state index contributed by atoms with van der Waals surface area (Å²) in [7, 11) is 0. The van der Waals surface area contributed by atoms with E-state index < -0.39 is 0 Å². The highest BCUT2D eigenvalue weighted by Crippen LogP contribution is 2.27. The summed E-state index contributed by atoms with van der Waals surface area (Å²) in [4.78, 5) is 0. The number of hydrogen-bond acceptors (Lipinski definition) is 3. The highest BCUT2D eigenvalue weighted by Gasteiger charge is 2.24. The zero-order chi connectivity index (χ0) is 11.7. The van der Waals surface area contributed by atoms with Gasteiger partial charge in [-0.05, 0) is 32.7 Å². The van der Waals surface area contributed by atoms with Gasteiger partial charge in [0.05, 0.1) is 18.3 Å². The van der Waals surface area contributed by atoms with Crippen molar-refractivity contribution < 1.29 is 4.74 Å². The summed E-state index contributed by atoms with van der Waals surface area (Å²) in [5.74, 6) is 0.385. The Morgan fingerprint density at radius 3 is 2.88 bits per heavy atom. The summed E-state index contributed by atoms with van der Waals surface area (Å²) in [6.07, 6.45) is 1.07. The van der Waals surface area contributed by atoms with Crippen molar-refractivity contribution in [2.75, 3.05) is 19.8 Å². The minimum atomic E-state index is 0.385. The number of aromatic nitrogens is 2. The van der Waals surface area contributed by atoms with E-state index in [2.05, 4.69) is 30.6 Å². The zero-order valence-corrected chi connectivity index (χ0v) is 10.4. The first kappa shape index (κ1) is 11.6. The van der Waals surface area contributed by atoms with E-state index in [0.717, 1.165) is 25.3 Å². The standard InChI is InChI=1S/C12H21N3O/c1-8(6-13)12-9(2)14-15(10(12)3)11-4-5-16-7-11/h8,11H,4-7,13H2,1-3H3. The zero-order valence-electron chi connectivity index (χ0n) is 10.4. The van der Waals surface area contributed by atoms with Gasteiger partial charge in [-0.15, -0.1) is 0 Å². The van der Waals surface area contributed by atoms with Crippen LogP contribution in [0.15, 0.2) is 0 Å². The Bertz CT molecular complexity index is 367. The molecule has 1 saturated heterocycles. The first-order chi connectivity index (χ1) is 7.65. The molecule has 0 radical (unpaired) electrons. The van der Waals surface area contributed by atoms with Gasteiger partial charge in [0.2, 0.25) is 0 Å². The molecule has 0 saturated carbocycles. The van der Waals surface area contributed by atoms with Crippen LogP contribution in [0.2, 0.25) is 0 Å². The number of nitrogens with two attached hydrogens (primary N) is 1. The molecule has 1 aromatic rings. The third kappa shape index (κ3) is 1.87. The van der Waals surface area contributed by atoms with Gasteiger partial charge in [-0.2, -0.15) is 5.10 Å². The monoisotopic (exact) mass is 223 g/mol. The maximum absolute atomic E-state index is 5.74. The highest BCUT2D eigenvalue weighted by molar-refractivity contribution is 5.29. The molecular formula is C12H21N3O. The third-order valence-electron chi connectivity index (χ3n) is 3.48. The average Bonchev–Trinajstić information content (AvgIpc) is 2.86. The Labute approximate surface area is 96.8 Å². The molecule has 2 unspecified atom stereocenters. The van der Waals surface area contributed by atoms with Gasteiger partial charge in [0.1, 0.15) is 0 Å². The van der Waals surface area contributed by atoms with Crippen LogP contribution in [0, 0.1) is 13.8 Å². The molecule has 2 rings (SSSR count). The normalized spacial score (nSPS) is 22.6. The lowest BCUT2D eigenvalue weighted by Crippen LogP contribution is -2.14. The van der Waals surface area contributed by atoms with Gasteiger partial charge in [-0.1, -0.05) is 6.92 Å². The van der Waals surface area contributed by atoms with E-state index in [-0.39, 0.29) is 0 Å². The van der Waals surface area contributed by atoms with Crippen molar-refractivity contribution in [2.24, 2.45) is 5.73 Å². The van der Waals surface area contributed by atoms with Crippen LogP contribution in [0.25, 0.3) is 0 Å². The summed E-state index contributed by atoms with van der Waals surface area (Å²) in [6, 6.07) is 0.414. The third-order valence-corrected chi connectivity index (χ3v) is 3.48. The summed E-state index contributed by atoms with van der Waals surface area (Å²) < 4.78 is 7.55. The van der Waals surface area contributed by atoms with E-state index in [1.165, 1.54) is 11.3 Å². The lowest BCUT2D eigenvalue weighted by molar-refractivity contribution is 0.184. The van der Waals surface area contributed by atoms with Crippen molar-refractivity contribution in [1.82, 2.24) is 9.78 Å². The van der Waals surface area contributed by atoms with Crippen LogP contribution >= 0.6 is 0 Å². The second-order valence-electron chi connectivity index (χ2n) is 4.68. The van der Waals surface area contributed by atoms with Crippen LogP contribution in [0.1, 0.15) is 42.3 Å². The van der Waals surface area contributed by atoms with E-state index in [0.29, 0.717) is 18.5 Å². The van der Waals surface area contributed by atoms with Crippen molar-refractivity contribution in [1.29, 1.82) is 0 Å². The van der Waals surface area contributed by atoms with Crippen molar-refractivity contribution in [2.45, 2.75) is 39.2 Å². The van der Waals surface area contributed by atoms with Gasteiger partial charge in [-0.25, -0.2) is 0 Å². The lowest BCUT2D eigenvalue weighted by Gasteiger charge is -2.13. The predicted octanol–water partition coefficient (Wildman–Crippen LogP) is 1.52. The van der Waals surface area contributed by atoms with E-state index in [9.17, 15) is 0 Å². The second-order valence-corrected chi connectivity index (χ2v) is 4.68. The molecular weight excluding hydrogens is 202 g/mol. The molecule has 4 heteroatoms. The first-order valence-corrected chi connectivity index (χ1v) is 5.98. The molecule has 1 aromatic heterocycles. The number of nitrogens with zero attached hydrogens (tertiary/aromatic N) is 2. The number of aryl methyl sites for hydroxylation is 1. The summed E-state index contributed by atoms with van der Waals surface area (Å²) in [6.45, 7) is 8.69. The molecule has 2 heterocycles. The molecule has 2 atom stereocenters. The predicted molar refractivity (Wildman–Crippen MR) is 63.6 cm³/mol. The average molecular weight is 223 g/mol. The van der Waals surface area contributed by atoms with Crippen molar-refractivity contribution in [3.05, 3.63) is 17.0 Å². The highest BCUT2D eigenvalue weighted by atomic mass is 16.5. The van der Waals surface area contributed by atoms with E-state index >= 15 is 0 Å². The maximum atomic E-state index is 5.74. The quantitative estimate of drug-likeness (QED) is 0.845. The maximum Gasteiger partial charge on any atom is 0.0777 e. The van der Waals surface area contributed by atoms with Crippen molar-refractivity contribution >= 4 is 0 Å². The van der Waals surface area contributed by atoms with E-state index in [4.69, 9.17) is 10.5 Å². The summed E-state index contributed by atoms with van der Waals surface area (Å²) in [5, 5.41) is 4.64. The Morgan fingerprint density at radius 1 is 1.56 bits per heavy atom. The second kappa shape index (κ2) is 4.55. The van der Waals surface area contributed by atoms with Crippen LogP contribution in [0.3, 0.4) is 0 Å². The molecule has 90 valence electrons. The minimum Gasteiger partial charge on any atom is -0.379 e. The first-order valence-electron chi connectivity index (χ1n) is 5.98. The Hall–Kier alpha value is -0.870. The Kier molecular flexibility index (Phi) is 3.30. The molecule has 1 aliphatic heterocycles. The molecule has 0 aliphatic carbocycles. The van der Waals surface area contributed by atoms with Crippen LogP contribution in [0.5, 0.6) is 0 Å². The molecule has 0 amide bonds. The van der Waals surface area contributed by atoms with Gasteiger partial charge in [0, 0.05) is 17.9 Å². The molecule has 0 bridgehead atoms. The van der Waals surface area contributed by atoms with Gasteiger partial charge in [0.25, 0.3) is 0 Å². The fraction of sp³-hybridized carbons (Fsp3) is 0.750. The van der Waals surface area contributed by atoms with Crippen LogP contribution in [-0.4, -0.2) is 29.5 Å². The van der Waals surface area contributed by atoms with E-state index in [1.54, 1.807) is 0 Å². The molecule has 4 nitrogen and oxygen atoms in total. The molecule has 0 spiro atoms. The minimum absolute atomic E-state index is 0.385. The topological polar surface area (TPSA) is 53.1 Å².